The van der Waals surface area contributed by atoms with Crippen molar-refractivity contribution in [2.75, 3.05) is 9.80 Å². The number of hydrogen-bond donors (Lipinski definition) is 0. The molecule has 6 aromatic carbocycles. The van der Waals surface area contributed by atoms with Crippen molar-refractivity contribution in [3.05, 3.63) is 136 Å². The maximum Gasteiger partial charge on any atom is 0.252 e. The maximum atomic E-state index is 2.76. The molecule has 3 heterocycles. The Kier molecular flexibility index (Phi) is 9.12. The van der Waals surface area contributed by atoms with E-state index in [9.17, 15) is 0 Å². The van der Waals surface area contributed by atoms with E-state index in [2.05, 4.69) is 211 Å². The van der Waals surface area contributed by atoms with Gasteiger partial charge in [0.25, 0.3) is 6.71 Å². The molecular formula is C64H73BN2S. The van der Waals surface area contributed by atoms with Crippen molar-refractivity contribution in [1.29, 1.82) is 0 Å². The highest BCUT2D eigenvalue weighted by atomic mass is 32.1. The molecule has 0 radical (unpaired) electrons. The monoisotopic (exact) mass is 913 g/mol. The first-order valence-corrected chi connectivity index (χ1v) is 26.8. The standard InChI is InChI=1S/C64H73BN2S/c1-58(2,3)38-31-52-57-53(32-38)67(49-20-18-22-55-56(49)40-19-16-17-21-54(40)68-55)51-37-46-44(62(10,11)28-30-64(46,14)15)35-48(51)65(57)47-34-43-45(63(12,13)29-27-61(43,8)9)36-50(47)66(52)39-23-24-41-42(33-39)60(6,7)26-25-59(41,4)5/h16-24,31-37H,25-30H2,1-15H3. The number of nitrogens with zero attached hydrogens (tertiary/aromatic N) is 2. The third-order valence-electron chi connectivity index (χ3n) is 18.6. The Hall–Kier alpha value is -4.80. The fraction of sp³-hybridized carbons (Fsp3) is 0.438. The minimum atomic E-state index is -0.106. The summed E-state index contributed by atoms with van der Waals surface area (Å²) < 4.78 is 2.69. The van der Waals surface area contributed by atoms with Gasteiger partial charge in [0.15, 0.2) is 0 Å². The van der Waals surface area contributed by atoms with E-state index in [1.54, 1.807) is 0 Å². The lowest BCUT2D eigenvalue weighted by molar-refractivity contribution is 0.332. The zero-order valence-corrected chi connectivity index (χ0v) is 44.7. The summed E-state index contributed by atoms with van der Waals surface area (Å²) >= 11 is 1.93. The molecule has 3 aliphatic carbocycles. The first-order chi connectivity index (χ1) is 31.8. The van der Waals surface area contributed by atoms with Crippen LogP contribution >= 0.6 is 11.3 Å². The molecule has 68 heavy (non-hydrogen) atoms. The summed E-state index contributed by atoms with van der Waals surface area (Å²) in [6, 6.07) is 39.9. The molecule has 0 bridgehead atoms. The fourth-order valence-corrected chi connectivity index (χ4v) is 14.9. The van der Waals surface area contributed by atoms with Crippen LogP contribution in [-0.2, 0) is 37.9 Å². The van der Waals surface area contributed by atoms with Crippen molar-refractivity contribution in [2.24, 2.45) is 0 Å². The summed E-state index contributed by atoms with van der Waals surface area (Å²) in [6.07, 6.45) is 7.13. The van der Waals surface area contributed by atoms with Gasteiger partial charge in [-0.25, -0.2) is 0 Å². The minimum Gasteiger partial charge on any atom is -0.311 e. The van der Waals surface area contributed by atoms with Crippen molar-refractivity contribution < 1.29 is 0 Å². The summed E-state index contributed by atoms with van der Waals surface area (Å²) in [4.78, 5) is 5.51. The minimum absolute atomic E-state index is 0.0511. The molecule has 2 aliphatic heterocycles. The molecule has 0 saturated carbocycles. The lowest BCUT2D eigenvalue weighted by atomic mass is 9.32. The van der Waals surface area contributed by atoms with E-state index in [4.69, 9.17) is 0 Å². The fourth-order valence-electron chi connectivity index (χ4n) is 13.7. The SMILES string of the molecule is CC(C)(C)c1cc2c3c(c1)N(c1cccc4sc5ccccc5c14)c1cc4c(cc1B3c1cc3c(cc1N2c1ccc2c(c1)C(C)(C)CCC2(C)C)C(C)(C)CCC3(C)C)C(C)(C)CCC4(C)C. The lowest BCUT2D eigenvalue weighted by Crippen LogP contribution is -2.62. The van der Waals surface area contributed by atoms with Gasteiger partial charge in [-0.15, -0.1) is 11.3 Å². The summed E-state index contributed by atoms with van der Waals surface area (Å²) in [7, 11) is 0. The highest BCUT2D eigenvalue weighted by molar-refractivity contribution is 7.26. The largest absolute Gasteiger partial charge is 0.311 e. The highest BCUT2D eigenvalue weighted by Crippen LogP contribution is 2.56. The van der Waals surface area contributed by atoms with Crippen LogP contribution in [0.1, 0.15) is 181 Å². The molecule has 0 unspecified atom stereocenters. The topological polar surface area (TPSA) is 6.48 Å². The van der Waals surface area contributed by atoms with E-state index in [0.29, 0.717) is 0 Å². The molecule has 4 heteroatoms. The second-order valence-electron chi connectivity index (χ2n) is 27.0. The van der Waals surface area contributed by atoms with Crippen molar-refractivity contribution in [2.45, 2.75) is 180 Å². The van der Waals surface area contributed by atoms with E-state index >= 15 is 0 Å². The van der Waals surface area contributed by atoms with Gasteiger partial charge in [-0.2, -0.15) is 0 Å². The Balaban J connectivity index is 1.26. The van der Waals surface area contributed by atoms with Crippen molar-refractivity contribution in [1.82, 2.24) is 0 Å². The predicted octanol–water partition coefficient (Wildman–Crippen LogP) is 16.5. The Morgan fingerprint density at radius 1 is 0.426 bits per heavy atom. The average Bonchev–Trinajstić information content (AvgIpc) is 3.66. The predicted molar refractivity (Wildman–Crippen MR) is 298 cm³/mol. The number of anilines is 6. The molecule has 0 spiro atoms. The summed E-state index contributed by atoms with van der Waals surface area (Å²) in [5.41, 5.74) is 23.1. The van der Waals surface area contributed by atoms with Gasteiger partial charge in [-0.3, -0.25) is 0 Å². The van der Waals surface area contributed by atoms with Crippen LogP contribution in [-0.4, -0.2) is 6.71 Å². The molecule has 7 aromatic rings. The molecule has 348 valence electrons. The van der Waals surface area contributed by atoms with Gasteiger partial charge in [0.1, 0.15) is 0 Å². The van der Waals surface area contributed by atoms with Gasteiger partial charge in [-0.1, -0.05) is 146 Å². The van der Waals surface area contributed by atoms with Crippen LogP contribution in [0.3, 0.4) is 0 Å². The number of rotatable bonds is 2. The highest BCUT2D eigenvalue weighted by Gasteiger charge is 2.49. The van der Waals surface area contributed by atoms with Gasteiger partial charge in [0.2, 0.25) is 0 Å². The first-order valence-electron chi connectivity index (χ1n) is 26.0. The number of thiophene rings is 1. The van der Waals surface area contributed by atoms with Gasteiger partial charge in [0, 0.05) is 48.6 Å². The molecule has 5 aliphatic rings. The molecular weight excluding hydrogens is 840 g/mol. The van der Waals surface area contributed by atoms with Crippen molar-refractivity contribution >= 4 is 88.7 Å². The Labute approximate surface area is 412 Å². The van der Waals surface area contributed by atoms with E-state index in [1.165, 1.54) is 148 Å². The van der Waals surface area contributed by atoms with Crippen LogP contribution in [0.5, 0.6) is 0 Å². The maximum absolute atomic E-state index is 2.76. The van der Waals surface area contributed by atoms with Gasteiger partial charge in [-0.05, 0) is 186 Å². The van der Waals surface area contributed by atoms with E-state index in [-0.39, 0.29) is 44.6 Å². The summed E-state index contributed by atoms with van der Waals surface area (Å²) in [6.45, 7) is 37.3. The second-order valence-corrected chi connectivity index (χ2v) is 28.1. The molecule has 0 atom stereocenters. The Bertz CT molecular complexity index is 3310. The smallest absolute Gasteiger partial charge is 0.252 e. The number of benzene rings is 6. The molecule has 2 nitrogen and oxygen atoms in total. The summed E-state index contributed by atoms with van der Waals surface area (Å²) in [5, 5.41) is 2.70. The third kappa shape index (κ3) is 6.26. The molecule has 0 saturated heterocycles. The normalized spacial score (nSPS) is 20.8. The van der Waals surface area contributed by atoms with E-state index < -0.39 is 0 Å². The first kappa shape index (κ1) is 44.4. The van der Waals surface area contributed by atoms with E-state index in [0.717, 1.165) is 0 Å². The lowest BCUT2D eigenvalue weighted by Gasteiger charge is -2.49. The van der Waals surface area contributed by atoms with Crippen LogP contribution in [0.25, 0.3) is 20.2 Å². The summed E-state index contributed by atoms with van der Waals surface area (Å²) in [5.74, 6) is 0. The van der Waals surface area contributed by atoms with Crippen LogP contribution in [0.2, 0.25) is 0 Å². The Morgan fingerprint density at radius 3 is 1.43 bits per heavy atom. The van der Waals surface area contributed by atoms with Crippen LogP contribution in [0.15, 0.2) is 97.1 Å². The molecule has 12 rings (SSSR count). The zero-order chi connectivity index (χ0) is 48.0. The quantitative estimate of drug-likeness (QED) is 0.159. The number of hydrogen-bond acceptors (Lipinski definition) is 3. The van der Waals surface area contributed by atoms with Gasteiger partial charge >= 0.3 is 0 Å². The average molecular weight is 913 g/mol. The molecule has 0 fully saturated rings. The molecule has 0 amide bonds. The van der Waals surface area contributed by atoms with Gasteiger partial charge in [0.05, 0.1) is 5.69 Å². The van der Waals surface area contributed by atoms with Crippen LogP contribution in [0.4, 0.5) is 34.1 Å². The third-order valence-corrected chi connectivity index (χ3v) is 19.7. The second kappa shape index (κ2) is 14.0. The van der Waals surface area contributed by atoms with Crippen molar-refractivity contribution in [3.8, 4) is 0 Å². The Morgan fingerprint density at radius 2 is 0.882 bits per heavy atom. The van der Waals surface area contributed by atoms with Gasteiger partial charge < -0.3 is 9.80 Å². The zero-order valence-electron chi connectivity index (χ0n) is 43.9. The molecule has 0 N–H and O–H groups in total. The van der Waals surface area contributed by atoms with Crippen molar-refractivity contribution in [3.63, 3.8) is 0 Å². The van der Waals surface area contributed by atoms with Crippen LogP contribution < -0.4 is 26.2 Å². The van der Waals surface area contributed by atoms with Crippen LogP contribution in [0, 0.1) is 0 Å². The molecule has 1 aromatic heterocycles. The van der Waals surface area contributed by atoms with E-state index in [1.807, 2.05) is 11.3 Å². The number of fused-ring (bicyclic) bond motifs is 10.